The van der Waals surface area contributed by atoms with Crippen molar-refractivity contribution < 1.29 is 9.59 Å². The highest BCUT2D eigenvalue weighted by Gasteiger charge is 2.65. The van der Waals surface area contributed by atoms with Gasteiger partial charge >= 0.3 is 0 Å². The molecule has 2 saturated carbocycles. The van der Waals surface area contributed by atoms with Crippen LogP contribution in [0.1, 0.15) is 44.2 Å². The molecule has 3 nitrogen and oxygen atoms in total. The van der Waals surface area contributed by atoms with Crippen molar-refractivity contribution in [3.05, 3.63) is 71.8 Å². The van der Waals surface area contributed by atoms with Gasteiger partial charge in [-0.2, -0.15) is 0 Å². The van der Waals surface area contributed by atoms with Crippen LogP contribution in [-0.4, -0.2) is 16.6 Å². The molecule has 0 saturated heterocycles. The Bertz CT molecular complexity index is 802. The second-order valence-corrected chi connectivity index (χ2v) is 8.71. The van der Waals surface area contributed by atoms with Crippen molar-refractivity contribution in [2.24, 2.45) is 16.7 Å². The average Bonchev–Trinajstić information content (AvgIpc) is 3.21. The van der Waals surface area contributed by atoms with Crippen molar-refractivity contribution in [3.8, 4) is 0 Å². The molecule has 0 unspecified atom stereocenters. The molecule has 0 N–H and O–H groups in total. The van der Waals surface area contributed by atoms with Gasteiger partial charge in [0.2, 0.25) is 5.91 Å². The lowest BCUT2D eigenvalue weighted by molar-refractivity contribution is -0.152. The maximum Gasteiger partial charge on any atom is 0.236 e. The molecule has 3 heteroatoms. The molecule has 0 spiro atoms. The molecule has 0 aromatic heterocycles. The average molecular weight is 361 g/mol. The van der Waals surface area contributed by atoms with Gasteiger partial charge in [-0.1, -0.05) is 74.5 Å². The number of benzene rings is 2. The Kier molecular flexibility index (Phi) is 4.41. The fourth-order valence-electron chi connectivity index (χ4n) is 5.07. The third-order valence-corrected chi connectivity index (χ3v) is 6.68. The molecule has 2 bridgehead atoms. The van der Waals surface area contributed by atoms with Gasteiger partial charge in [-0.3, -0.25) is 9.59 Å². The molecule has 2 aliphatic rings. The minimum atomic E-state index is -0.808. The summed E-state index contributed by atoms with van der Waals surface area (Å²) < 4.78 is 0. The number of ketones is 1. The Balaban J connectivity index is 1.65. The zero-order valence-corrected chi connectivity index (χ0v) is 16.2. The summed E-state index contributed by atoms with van der Waals surface area (Å²) in [5, 5.41) is 0. The molecule has 0 heterocycles. The molecule has 2 aromatic carbocycles. The Labute approximate surface area is 161 Å². The maximum atomic E-state index is 13.7. The van der Waals surface area contributed by atoms with Crippen LogP contribution < -0.4 is 0 Å². The van der Waals surface area contributed by atoms with Gasteiger partial charge in [-0.25, -0.2) is 0 Å². The highest BCUT2D eigenvalue weighted by molar-refractivity contribution is 6.10. The summed E-state index contributed by atoms with van der Waals surface area (Å²) in [4.78, 5) is 28.8. The van der Waals surface area contributed by atoms with E-state index >= 15 is 0 Å². The van der Waals surface area contributed by atoms with Gasteiger partial charge in [-0.15, -0.1) is 0 Å². The van der Waals surface area contributed by atoms with Crippen molar-refractivity contribution in [2.45, 2.75) is 46.2 Å². The van der Waals surface area contributed by atoms with Crippen LogP contribution in [-0.2, 0) is 22.7 Å². The summed E-state index contributed by atoms with van der Waals surface area (Å²) in [6, 6.07) is 20.1. The third-order valence-electron chi connectivity index (χ3n) is 6.68. The van der Waals surface area contributed by atoms with Crippen molar-refractivity contribution >= 4 is 11.7 Å². The van der Waals surface area contributed by atoms with Crippen LogP contribution in [0.25, 0.3) is 0 Å². The number of amides is 1. The Hall–Kier alpha value is -2.42. The van der Waals surface area contributed by atoms with Gasteiger partial charge in [0.1, 0.15) is 5.41 Å². The fraction of sp³-hybridized carbons (Fsp3) is 0.417. The highest BCUT2D eigenvalue weighted by Crippen LogP contribution is 2.60. The number of hydrogen-bond donors (Lipinski definition) is 0. The van der Waals surface area contributed by atoms with Crippen LogP contribution in [0, 0.1) is 16.7 Å². The first-order chi connectivity index (χ1) is 12.9. The van der Waals surface area contributed by atoms with Gasteiger partial charge in [0.25, 0.3) is 0 Å². The van der Waals surface area contributed by atoms with Crippen molar-refractivity contribution in [2.75, 3.05) is 0 Å². The van der Waals surface area contributed by atoms with Crippen LogP contribution in [0.15, 0.2) is 60.7 Å². The van der Waals surface area contributed by atoms with Gasteiger partial charge < -0.3 is 4.90 Å². The predicted molar refractivity (Wildman–Crippen MR) is 106 cm³/mol. The number of fused-ring (bicyclic) bond motifs is 2. The van der Waals surface area contributed by atoms with Crippen LogP contribution in [0.2, 0.25) is 0 Å². The summed E-state index contributed by atoms with van der Waals surface area (Å²) in [7, 11) is 0. The quantitative estimate of drug-likeness (QED) is 0.729. The summed E-state index contributed by atoms with van der Waals surface area (Å²) in [5.41, 5.74) is 1.01. The van der Waals surface area contributed by atoms with Crippen molar-refractivity contribution in [1.82, 2.24) is 4.90 Å². The van der Waals surface area contributed by atoms with E-state index in [0.717, 1.165) is 24.0 Å². The normalized spacial score (nSPS) is 25.6. The predicted octanol–water partition coefficient (Wildman–Crippen LogP) is 4.61. The zero-order chi connectivity index (χ0) is 19.1. The van der Waals surface area contributed by atoms with E-state index in [-0.39, 0.29) is 17.1 Å². The first-order valence-electron chi connectivity index (χ1n) is 9.86. The number of carbonyl (C=O) groups excluding carboxylic acids is 2. The van der Waals surface area contributed by atoms with E-state index in [0.29, 0.717) is 25.4 Å². The smallest absolute Gasteiger partial charge is 0.236 e. The fourth-order valence-corrected chi connectivity index (χ4v) is 5.07. The largest absolute Gasteiger partial charge is 0.333 e. The van der Waals surface area contributed by atoms with E-state index in [9.17, 15) is 9.59 Å². The number of carbonyl (C=O) groups is 2. The highest BCUT2D eigenvalue weighted by atomic mass is 16.2. The van der Waals surface area contributed by atoms with Crippen LogP contribution in [0.4, 0.5) is 0 Å². The molecule has 2 aromatic rings. The second kappa shape index (κ2) is 6.63. The summed E-state index contributed by atoms with van der Waals surface area (Å²) >= 11 is 0. The molecule has 2 fully saturated rings. The minimum Gasteiger partial charge on any atom is -0.333 e. The second-order valence-electron chi connectivity index (χ2n) is 8.71. The first kappa shape index (κ1) is 18.0. The van der Waals surface area contributed by atoms with E-state index in [1.807, 2.05) is 79.4 Å². The molecule has 27 heavy (non-hydrogen) atoms. The number of rotatable bonds is 5. The Morgan fingerprint density at radius 3 is 1.93 bits per heavy atom. The van der Waals surface area contributed by atoms with Gasteiger partial charge in [0, 0.05) is 18.5 Å². The lowest BCUT2D eigenvalue weighted by Gasteiger charge is -2.36. The maximum absolute atomic E-state index is 13.7. The number of Topliss-reactive ketones (excluding diaryl/α,β-unsaturated/α-hetero) is 1. The Morgan fingerprint density at radius 1 is 0.963 bits per heavy atom. The molecule has 2 atom stereocenters. The van der Waals surface area contributed by atoms with E-state index < -0.39 is 5.41 Å². The van der Waals surface area contributed by atoms with E-state index in [4.69, 9.17) is 0 Å². The van der Waals surface area contributed by atoms with E-state index in [1.165, 1.54) is 0 Å². The van der Waals surface area contributed by atoms with E-state index in [2.05, 4.69) is 0 Å². The lowest BCUT2D eigenvalue weighted by Crippen LogP contribution is -2.48. The molecule has 0 radical (unpaired) electrons. The molecule has 0 aliphatic heterocycles. The molecule has 2 aliphatic carbocycles. The molecule has 4 rings (SSSR count). The number of hydrogen-bond acceptors (Lipinski definition) is 2. The SMILES string of the molecule is CC1(C)C(=O)[C@]2(C(=O)N(Cc3ccccc3)Cc3ccccc3)CC[C@H]1C2. The topological polar surface area (TPSA) is 37.4 Å². The van der Waals surface area contributed by atoms with Crippen LogP contribution in [0.5, 0.6) is 0 Å². The van der Waals surface area contributed by atoms with Gasteiger partial charge in [0.05, 0.1) is 0 Å². The standard InChI is InChI=1S/C24H27NO2/c1-23(2)20-13-14-24(15-20,21(23)26)22(27)25(16-18-9-5-3-6-10-18)17-19-11-7-4-8-12-19/h3-12,20H,13-17H2,1-2H3/t20-,24-/m0/s1. The minimum absolute atomic E-state index is 0.0216. The Morgan fingerprint density at radius 2 is 1.48 bits per heavy atom. The van der Waals surface area contributed by atoms with Crippen LogP contribution >= 0.6 is 0 Å². The van der Waals surface area contributed by atoms with Gasteiger partial charge in [-0.05, 0) is 36.3 Å². The molecular weight excluding hydrogens is 334 g/mol. The van der Waals surface area contributed by atoms with Crippen molar-refractivity contribution in [3.63, 3.8) is 0 Å². The zero-order valence-electron chi connectivity index (χ0n) is 16.2. The summed E-state index contributed by atoms with van der Waals surface area (Å²) in [5.74, 6) is 0.514. The monoisotopic (exact) mass is 361 g/mol. The summed E-state index contributed by atoms with van der Waals surface area (Å²) in [6.07, 6.45) is 2.41. The third kappa shape index (κ3) is 2.99. The van der Waals surface area contributed by atoms with Gasteiger partial charge in [0.15, 0.2) is 5.78 Å². The van der Waals surface area contributed by atoms with E-state index in [1.54, 1.807) is 0 Å². The molecule has 1 amide bonds. The number of nitrogens with zero attached hydrogens (tertiary/aromatic N) is 1. The lowest BCUT2D eigenvalue weighted by atomic mass is 9.70. The molecular formula is C24H27NO2. The van der Waals surface area contributed by atoms with Crippen molar-refractivity contribution in [1.29, 1.82) is 0 Å². The molecule has 140 valence electrons. The van der Waals surface area contributed by atoms with Crippen LogP contribution in [0.3, 0.4) is 0 Å². The summed E-state index contributed by atoms with van der Waals surface area (Å²) in [6.45, 7) is 5.11. The first-order valence-corrected chi connectivity index (χ1v) is 9.86.